The van der Waals surface area contributed by atoms with E-state index in [1.807, 2.05) is 0 Å². The van der Waals surface area contributed by atoms with Crippen molar-refractivity contribution in [2.45, 2.75) is 6.92 Å². The Labute approximate surface area is 75.1 Å². The van der Waals surface area contributed by atoms with Crippen LogP contribution in [0.5, 0.6) is 0 Å². The quantitative estimate of drug-likeness (QED) is 0.432. The molecule has 0 spiro atoms. The van der Waals surface area contributed by atoms with Crippen molar-refractivity contribution in [3.05, 3.63) is 0 Å². The van der Waals surface area contributed by atoms with Crippen molar-refractivity contribution in [2.75, 3.05) is 6.61 Å². The first-order chi connectivity index (χ1) is 3.31. The molecule has 0 atom stereocenters. The van der Waals surface area contributed by atoms with Gasteiger partial charge in [-0.05, 0) is 6.92 Å². The topological polar surface area (TPSA) is 38.3 Å². The smallest absolute Gasteiger partial charge is 0.421 e. The molecule has 0 unspecified atom stereocenters. The first kappa shape index (κ1) is 11.4. The van der Waals surface area contributed by atoms with Gasteiger partial charge in [-0.1, -0.05) is 0 Å². The average molecular weight is 147 g/mol. The van der Waals surface area contributed by atoms with Crippen LogP contribution in [0.4, 0.5) is 4.79 Å². The van der Waals surface area contributed by atoms with Gasteiger partial charge < -0.3 is 4.74 Å². The van der Waals surface area contributed by atoms with Crippen LogP contribution in [0.15, 0.2) is 0 Å². The largest absolute Gasteiger partial charge is 0.449 e. The molecule has 0 rings (SSSR count). The van der Waals surface area contributed by atoms with Crippen molar-refractivity contribution in [1.82, 2.24) is 4.84 Å². The summed E-state index contributed by atoms with van der Waals surface area (Å²) in [4.78, 5) is 11.7. The molecule has 1 amide bonds. The molecule has 0 aliphatic rings. The van der Waals surface area contributed by atoms with Gasteiger partial charge in [0.15, 0.2) is 0 Å². The van der Waals surface area contributed by atoms with Gasteiger partial charge in [-0.2, -0.15) is 0 Å². The second-order valence-corrected chi connectivity index (χ2v) is 1.00. The Morgan fingerprint density at radius 2 is 2.38 bits per heavy atom. The number of carbonyl (C=O) groups excluding carboxylic acids is 1. The van der Waals surface area contributed by atoms with E-state index in [-0.39, 0.29) is 29.6 Å². The van der Waals surface area contributed by atoms with Crippen LogP contribution in [0.2, 0.25) is 0 Å². The number of hydrogen-bond acceptors (Lipinski definition) is 2. The van der Waals surface area contributed by atoms with Gasteiger partial charge in [-0.3, -0.25) is 0 Å². The number of ether oxygens (including phenoxy) is 1. The fourth-order valence-electron chi connectivity index (χ4n) is 0.158. The molecule has 3 nitrogen and oxygen atoms in total. The molecule has 1 radical (unpaired) electrons. The standard InChI is InChI=1S/C3H6ClNO2.Na/c1-2-7-3(6)5-4;/h2H2,1H3,(H,5,6);. The fourth-order valence-corrected chi connectivity index (χ4v) is 0.213. The van der Waals surface area contributed by atoms with E-state index in [9.17, 15) is 4.79 Å². The Morgan fingerprint density at radius 3 is 2.50 bits per heavy atom. The van der Waals surface area contributed by atoms with Crippen LogP contribution in [0.25, 0.3) is 0 Å². The third-order valence-corrected chi connectivity index (χ3v) is 0.507. The Bertz CT molecular complexity index is 70.3. The van der Waals surface area contributed by atoms with E-state index < -0.39 is 6.09 Å². The molecule has 0 aliphatic heterocycles. The van der Waals surface area contributed by atoms with E-state index >= 15 is 0 Å². The molecule has 8 heavy (non-hydrogen) atoms. The zero-order chi connectivity index (χ0) is 5.70. The molecule has 5 heteroatoms. The Morgan fingerprint density at radius 1 is 1.88 bits per heavy atom. The molecular weight excluding hydrogens is 140 g/mol. The van der Waals surface area contributed by atoms with Crippen LogP contribution in [-0.2, 0) is 4.74 Å². The van der Waals surface area contributed by atoms with E-state index in [1.54, 1.807) is 11.8 Å². The van der Waals surface area contributed by atoms with E-state index in [0.717, 1.165) is 0 Å². The number of halogens is 1. The molecule has 0 fully saturated rings. The fraction of sp³-hybridized carbons (Fsp3) is 0.667. The maximum atomic E-state index is 9.95. The number of amides is 1. The van der Waals surface area contributed by atoms with Gasteiger partial charge >= 0.3 is 6.09 Å². The van der Waals surface area contributed by atoms with Crippen LogP contribution < -0.4 is 4.84 Å². The summed E-state index contributed by atoms with van der Waals surface area (Å²) in [6, 6.07) is 0. The molecule has 1 N–H and O–H groups in total. The summed E-state index contributed by atoms with van der Waals surface area (Å²) in [5, 5.41) is 0. The first-order valence-corrected chi connectivity index (χ1v) is 2.22. The monoisotopic (exact) mass is 146 g/mol. The van der Waals surface area contributed by atoms with E-state index in [0.29, 0.717) is 6.61 Å². The van der Waals surface area contributed by atoms with Gasteiger partial charge in [0.1, 0.15) is 0 Å². The number of carbonyl (C=O) groups is 1. The Balaban J connectivity index is 0. The number of rotatable bonds is 1. The molecule has 0 aromatic heterocycles. The zero-order valence-electron chi connectivity index (χ0n) is 4.90. The second kappa shape index (κ2) is 7.56. The summed E-state index contributed by atoms with van der Waals surface area (Å²) >= 11 is 4.81. The number of nitrogens with one attached hydrogen (secondary N) is 1. The van der Waals surface area contributed by atoms with Crippen molar-refractivity contribution in [3.8, 4) is 0 Å². The molecule has 0 aliphatic carbocycles. The van der Waals surface area contributed by atoms with Crippen LogP contribution in [-0.4, -0.2) is 42.3 Å². The summed E-state index contributed by atoms with van der Waals surface area (Å²) < 4.78 is 4.31. The van der Waals surface area contributed by atoms with Crippen molar-refractivity contribution in [1.29, 1.82) is 0 Å². The van der Waals surface area contributed by atoms with Gasteiger partial charge in [-0.25, -0.2) is 9.63 Å². The molecule has 0 aromatic carbocycles. The zero-order valence-corrected chi connectivity index (χ0v) is 7.66. The van der Waals surface area contributed by atoms with Crippen molar-refractivity contribution >= 4 is 47.4 Å². The van der Waals surface area contributed by atoms with Crippen LogP contribution >= 0.6 is 11.8 Å². The normalized spacial score (nSPS) is 6.75. The van der Waals surface area contributed by atoms with Gasteiger partial charge in [0.25, 0.3) is 0 Å². The Kier molecular flexibility index (Phi) is 10.7. The van der Waals surface area contributed by atoms with Crippen LogP contribution in [0.1, 0.15) is 6.92 Å². The Hall–Kier alpha value is 0.560. The van der Waals surface area contributed by atoms with Crippen LogP contribution in [0.3, 0.4) is 0 Å². The maximum Gasteiger partial charge on any atom is 0.421 e. The minimum Gasteiger partial charge on any atom is -0.449 e. The number of hydrogen-bond donors (Lipinski definition) is 1. The molecule has 0 heterocycles. The van der Waals surface area contributed by atoms with E-state index in [4.69, 9.17) is 11.8 Å². The predicted octanol–water partition coefficient (Wildman–Crippen LogP) is 0.506. The minimum atomic E-state index is -0.607. The van der Waals surface area contributed by atoms with E-state index in [1.165, 1.54) is 0 Å². The van der Waals surface area contributed by atoms with E-state index in [2.05, 4.69) is 4.74 Å². The summed E-state index contributed by atoms with van der Waals surface area (Å²) in [5.41, 5.74) is 0. The maximum absolute atomic E-state index is 9.95. The third-order valence-electron chi connectivity index (χ3n) is 0.353. The molecular formula is C3H6ClNNaO2. The van der Waals surface area contributed by atoms with Crippen molar-refractivity contribution < 1.29 is 9.53 Å². The average Bonchev–Trinajstić information content (AvgIpc) is 1.68. The van der Waals surface area contributed by atoms with Gasteiger partial charge in [0, 0.05) is 41.3 Å². The SMILES string of the molecule is CCOC(=O)NCl.[Na]. The summed E-state index contributed by atoms with van der Waals surface area (Å²) in [6.45, 7) is 2.05. The first-order valence-electron chi connectivity index (χ1n) is 1.84. The van der Waals surface area contributed by atoms with Gasteiger partial charge in [0.2, 0.25) is 0 Å². The predicted molar refractivity (Wildman–Crippen MR) is 31.8 cm³/mol. The second-order valence-electron chi connectivity index (χ2n) is 0.815. The molecule has 43 valence electrons. The van der Waals surface area contributed by atoms with Crippen LogP contribution in [0, 0.1) is 0 Å². The third kappa shape index (κ3) is 6.56. The molecule has 0 saturated carbocycles. The van der Waals surface area contributed by atoms with Gasteiger partial charge in [-0.15, -0.1) is 0 Å². The molecule has 0 saturated heterocycles. The minimum absolute atomic E-state index is 0. The summed E-state index contributed by atoms with van der Waals surface area (Å²) in [6.07, 6.45) is -0.607. The van der Waals surface area contributed by atoms with Gasteiger partial charge in [0.05, 0.1) is 6.61 Å². The molecule has 0 bridgehead atoms. The summed E-state index contributed by atoms with van der Waals surface area (Å²) in [7, 11) is 0. The van der Waals surface area contributed by atoms with Crippen molar-refractivity contribution in [3.63, 3.8) is 0 Å². The molecule has 0 aromatic rings. The summed E-state index contributed by atoms with van der Waals surface area (Å²) in [5.74, 6) is 0. The van der Waals surface area contributed by atoms with Crippen molar-refractivity contribution in [2.24, 2.45) is 0 Å².